The number of aromatic amines is 1. The van der Waals surface area contributed by atoms with E-state index >= 15 is 0 Å². The van der Waals surface area contributed by atoms with Crippen LogP contribution in [-0.4, -0.2) is 41.4 Å². The number of carbonyl (C=O) groups is 2. The molecule has 7 nitrogen and oxygen atoms in total. The van der Waals surface area contributed by atoms with Gasteiger partial charge in [0.1, 0.15) is 6.04 Å². The third-order valence-corrected chi connectivity index (χ3v) is 2.48. The molecular weight excluding hydrogens is 234 g/mol. The zero-order chi connectivity index (χ0) is 13.4. The van der Waals surface area contributed by atoms with Crippen molar-refractivity contribution in [1.82, 2.24) is 20.6 Å². The standard InChI is InChI=1S/C11H19N5O2/c1-13-11(18)9(5-8-6-14-7-15-8)16-10(17)3-2-4-12/h6-7,9H,2-5,12H2,1H3,(H,13,18)(H,14,15)(H,16,17). The number of aromatic nitrogens is 2. The number of nitrogens with one attached hydrogen (secondary N) is 3. The Morgan fingerprint density at radius 1 is 1.56 bits per heavy atom. The molecule has 18 heavy (non-hydrogen) atoms. The fourth-order valence-electron chi connectivity index (χ4n) is 1.53. The third-order valence-electron chi connectivity index (χ3n) is 2.48. The number of imidazole rings is 1. The van der Waals surface area contributed by atoms with Gasteiger partial charge in [-0.1, -0.05) is 0 Å². The summed E-state index contributed by atoms with van der Waals surface area (Å²) in [5, 5.41) is 5.21. The Hall–Kier alpha value is -1.89. The molecule has 1 rings (SSSR count). The number of nitrogens with zero attached hydrogens (tertiary/aromatic N) is 1. The molecule has 0 bridgehead atoms. The fraction of sp³-hybridized carbons (Fsp3) is 0.545. The maximum atomic E-state index is 11.7. The molecule has 1 atom stereocenters. The second kappa shape index (κ2) is 7.44. The molecule has 100 valence electrons. The lowest BCUT2D eigenvalue weighted by Gasteiger charge is -2.16. The highest BCUT2D eigenvalue weighted by atomic mass is 16.2. The molecule has 0 aliphatic heterocycles. The van der Waals surface area contributed by atoms with Crippen molar-refractivity contribution >= 4 is 11.8 Å². The molecule has 7 heteroatoms. The van der Waals surface area contributed by atoms with E-state index in [0.29, 0.717) is 25.8 Å². The van der Waals surface area contributed by atoms with Crippen LogP contribution in [0.4, 0.5) is 0 Å². The predicted molar refractivity (Wildman–Crippen MR) is 66.6 cm³/mol. The van der Waals surface area contributed by atoms with Crippen molar-refractivity contribution in [2.75, 3.05) is 13.6 Å². The number of nitrogens with two attached hydrogens (primary N) is 1. The van der Waals surface area contributed by atoms with Crippen LogP contribution in [0.5, 0.6) is 0 Å². The largest absolute Gasteiger partial charge is 0.357 e. The fourth-order valence-corrected chi connectivity index (χ4v) is 1.53. The summed E-state index contributed by atoms with van der Waals surface area (Å²) in [7, 11) is 1.54. The van der Waals surface area contributed by atoms with Crippen molar-refractivity contribution in [3.05, 3.63) is 18.2 Å². The molecule has 2 amide bonds. The number of rotatable bonds is 7. The molecule has 0 fully saturated rings. The molecule has 0 saturated carbocycles. The van der Waals surface area contributed by atoms with Crippen LogP contribution in [0.3, 0.4) is 0 Å². The number of hydrogen-bond donors (Lipinski definition) is 4. The SMILES string of the molecule is CNC(=O)C(Cc1cnc[nH]1)NC(=O)CCCN. The molecule has 0 spiro atoms. The number of hydrogen-bond acceptors (Lipinski definition) is 4. The van der Waals surface area contributed by atoms with E-state index < -0.39 is 6.04 Å². The molecule has 0 aliphatic rings. The molecule has 0 aliphatic carbocycles. The lowest BCUT2D eigenvalue weighted by Crippen LogP contribution is -2.47. The van der Waals surface area contributed by atoms with E-state index in [0.717, 1.165) is 5.69 Å². The van der Waals surface area contributed by atoms with E-state index in [1.54, 1.807) is 6.20 Å². The average molecular weight is 253 g/mol. The highest BCUT2D eigenvalue weighted by Gasteiger charge is 2.20. The van der Waals surface area contributed by atoms with Crippen LogP contribution < -0.4 is 16.4 Å². The van der Waals surface area contributed by atoms with E-state index in [9.17, 15) is 9.59 Å². The van der Waals surface area contributed by atoms with Gasteiger partial charge in [-0.25, -0.2) is 4.98 Å². The van der Waals surface area contributed by atoms with Gasteiger partial charge in [-0.2, -0.15) is 0 Å². The second-order valence-electron chi connectivity index (χ2n) is 3.91. The van der Waals surface area contributed by atoms with Crippen LogP contribution in [0.15, 0.2) is 12.5 Å². The van der Waals surface area contributed by atoms with Gasteiger partial charge in [0.05, 0.1) is 6.33 Å². The first-order valence-corrected chi connectivity index (χ1v) is 5.85. The summed E-state index contributed by atoms with van der Waals surface area (Å²) in [5.74, 6) is -0.403. The highest BCUT2D eigenvalue weighted by molar-refractivity contribution is 5.87. The van der Waals surface area contributed by atoms with Crippen LogP contribution in [-0.2, 0) is 16.0 Å². The lowest BCUT2D eigenvalue weighted by atomic mass is 10.1. The van der Waals surface area contributed by atoms with Crippen LogP contribution in [0, 0.1) is 0 Å². The van der Waals surface area contributed by atoms with Gasteiger partial charge >= 0.3 is 0 Å². The normalized spacial score (nSPS) is 11.9. The summed E-state index contributed by atoms with van der Waals surface area (Å²) in [4.78, 5) is 30.0. The molecule has 0 saturated heterocycles. The van der Waals surface area contributed by atoms with Gasteiger partial charge in [0.2, 0.25) is 11.8 Å². The first-order chi connectivity index (χ1) is 8.67. The van der Waals surface area contributed by atoms with E-state index in [1.165, 1.54) is 13.4 Å². The van der Waals surface area contributed by atoms with Gasteiger partial charge in [0.25, 0.3) is 0 Å². The van der Waals surface area contributed by atoms with Gasteiger partial charge in [-0.05, 0) is 13.0 Å². The highest BCUT2D eigenvalue weighted by Crippen LogP contribution is 2.00. The van der Waals surface area contributed by atoms with Crippen molar-refractivity contribution in [3.8, 4) is 0 Å². The number of H-pyrrole nitrogens is 1. The molecule has 1 heterocycles. The Morgan fingerprint density at radius 3 is 2.89 bits per heavy atom. The molecule has 0 radical (unpaired) electrons. The topological polar surface area (TPSA) is 113 Å². The summed E-state index contributed by atoms with van der Waals surface area (Å²) in [6.45, 7) is 0.457. The van der Waals surface area contributed by atoms with Crippen molar-refractivity contribution in [3.63, 3.8) is 0 Å². The lowest BCUT2D eigenvalue weighted by molar-refractivity contribution is -0.128. The summed E-state index contributed by atoms with van der Waals surface area (Å²) in [5.41, 5.74) is 6.12. The third kappa shape index (κ3) is 4.54. The van der Waals surface area contributed by atoms with Gasteiger partial charge < -0.3 is 21.4 Å². The van der Waals surface area contributed by atoms with Crippen molar-refractivity contribution < 1.29 is 9.59 Å². The Bertz CT molecular complexity index is 377. The Labute approximate surface area is 106 Å². The summed E-state index contributed by atoms with van der Waals surface area (Å²) < 4.78 is 0. The smallest absolute Gasteiger partial charge is 0.242 e. The van der Waals surface area contributed by atoms with Crippen LogP contribution >= 0.6 is 0 Å². The predicted octanol–water partition coefficient (Wildman–Crippen LogP) is -1.08. The van der Waals surface area contributed by atoms with E-state index in [-0.39, 0.29) is 11.8 Å². The van der Waals surface area contributed by atoms with E-state index in [4.69, 9.17) is 5.73 Å². The minimum Gasteiger partial charge on any atom is -0.357 e. The quantitative estimate of drug-likeness (QED) is 0.495. The summed E-state index contributed by atoms with van der Waals surface area (Å²) >= 11 is 0. The first kappa shape index (κ1) is 14.2. The zero-order valence-electron chi connectivity index (χ0n) is 10.4. The maximum Gasteiger partial charge on any atom is 0.242 e. The summed E-state index contributed by atoms with van der Waals surface area (Å²) in [6.07, 6.45) is 4.48. The van der Waals surface area contributed by atoms with Crippen LogP contribution in [0.25, 0.3) is 0 Å². The first-order valence-electron chi connectivity index (χ1n) is 5.85. The molecule has 1 aromatic heterocycles. The zero-order valence-corrected chi connectivity index (χ0v) is 10.4. The average Bonchev–Trinajstić information content (AvgIpc) is 2.87. The molecule has 0 aromatic carbocycles. The van der Waals surface area contributed by atoms with Gasteiger partial charge in [0.15, 0.2) is 0 Å². The van der Waals surface area contributed by atoms with Gasteiger partial charge in [-0.3, -0.25) is 9.59 Å². The van der Waals surface area contributed by atoms with Gasteiger partial charge in [0, 0.05) is 31.8 Å². The summed E-state index contributed by atoms with van der Waals surface area (Å²) in [6, 6.07) is -0.597. The van der Waals surface area contributed by atoms with E-state index in [1.807, 2.05) is 0 Å². The number of carbonyl (C=O) groups excluding carboxylic acids is 2. The number of likely N-dealkylation sites (N-methyl/N-ethyl adjacent to an activating group) is 1. The van der Waals surface area contributed by atoms with Crippen LogP contribution in [0.1, 0.15) is 18.5 Å². The second-order valence-corrected chi connectivity index (χ2v) is 3.91. The Morgan fingerprint density at radius 2 is 2.33 bits per heavy atom. The van der Waals surface area contributed by atoms with Crippen molar-refractivity contribution in [1.29, 1.82) is 0 Å². The van der Waals surface area contributed by atoms with Crippen molar-refractivity contribution in [2.24, 2.45) is 5.73 Å². The molecule has 5 N–H and O–H groups in total. The minimum atomic E-state index is -0.597. The van der Waals surface area contributed by atoms with Crippen LogP contribution in [0.2, 0.25) is 0 Å². The minimum absolute atomic E-state index is 0.173. The monoisotopic (exact) mass is 253 g/mol. The Kier molecular flexibility index (Phi) is 5.86. The van der Waals surface area contributed by atoms with Crippen molar-refractivity contribution in [2.45, 2.75) is 25.3 Å². The Balaban J connectivity index is 2.55. The van der Waals surface area contributed by atoms with Gasteiger partial charge in [-0.15, -0.1) is 0 Å². The molecule has 1 unspecified atom stereocenters. The number of amides is 2. The molecular formula is C11H19N5O2. The van der Waals surface area contributed by atoms with E-state index in [2.05, 4.69) is 20.6 Å². The molecule has 1 aromatic rings. The maximum absolute atomic E-state index is 11.7.